The molecule has 0 saturated heterocycles. The Labute approximate surface area is 210 Å². The third-order valence-corrected chi connectivity index (χ3v) is 12.4. The van der Waals surface area contributed by atoms with E-state index in [2.05, 4.69) is 64.1 Å². The predicted octanol–water partition coefficient (Wildman–Crippen LogP) is 11.2. The summed E-state index contributed by atoms with van der Waals surface area (Å²) < 4.78 is 8.57. The van der Waals surface area contributed by atoms with Crippen molar-refractivity contribution in [1.29, 1.82) is 0 Å². The first-order chi connectivity index (χ1) is 15.4. The smallest absolute Gasteiger partial charge is 0.0459 e. The van der Waals surface area contributed by atoms with Crippen LogP contribution in [0.15, 0.2) is 36.4 Å². The van der Waals surface area contributed by atoms with Gasteiger partial charge in [0, 0.05) is 79.4 Å². The average molecular weight is 523 g/mol. The second kappa shape index (κ2) is 6.98. The highest BCUT2D eigenvalue weighted by atomic mass is 32.1. The molecule has 7 aromatic rings. The molecular weight excluding hydrogens is 505 g/mol. The molecule has 0 bridgehead atoms. The molecule has 6 heteroatoms. The molecule has 0 spiro atoms. The molecule has 1 aromatic carbocycles. The van der Waals surface area contributed by atoms with Gasteiger partial charge in [0.05, 0.1) is 0 Å². The number of rotatable bonds is 2. The van der Waals surface area contributed by atoms with E-state index in [1.807, 2.05) is 68.0 Å². The highest BCUT2D eigenvalue weighted by Gasteiger charge is 2.23. The van der Waals surface area contributed by atoms with Crippen molar-refractivity contribution in [3.05, 3.63) is 55.9 Å². The first-order valence-corrected chi connectivity index (χ1v) is 15.3. The quantitative estimate of drug-likeness (QED) is 0.212. The fraction of sp³-hybridized carbons (Fsp3) is 0.154. The Hall–Kier alpha value is -1.54. The molecule has 0 saturated carbocycles. The number of aryl methyl sites for hydroxylation is 4. The zero-order chi connectivity index (χ0) is 21.7. The molecule has 0 aliphatic heterocycles. The zero-order valence-corrected chi connectivity index (χ0v) is 22.8. The first kappa shape index (κ1) is 19.9. The molecule has 0 amide bonds. The molecule has 0 fully saturated rings. The van der Waals surface area contributed by atoms with Crippen molar-refractivity contribution in [2.24, 2.45) is 0 Å². The minimum atomic E-state index is 1.39. The minimum Gasteiger partial charge on any atom is -0.140 e. The first-order valence-electron chi connectivity index (χ1n) is 10.4. The van der Waals surface area contributed by atoms with Gasteiger partial charge in [-0.25, -0.2) is 0 Å². The number of hydrogen-bond acceptors (Lipinski definition) is 6. The fourth-order valence-corrected chi connectivity index (χ4v) is 11.7. The Balaban J connectivity index is 1.61. The van der Waals surface area contributed by atoms with E-state index in [4.69, 9.17) is 0 Å². The SMILES string of the molecule is Cc1cc2sc(-c3c4cc(C)sc4c(-c4cc5sc(C)cc5s4)c4cc(C)sc34)cc2s1. The maximum atomic E-state index is 2.43. The molecule has 32 heavy (non-hydrogen) atoms. The molecule has 0 atom stereocenters. The van der Waals surface area contributed by atoms with Gasteiger partial charge in [-0.15, -0.1) is 68.0 Å². The van der Waals surface area contributed by atoms with Crippen molar-refractivity contribution in [2.75, 3.05) is 0 Å². The average Bonchev–Trinajstić information content (AvgIpc) is 3.50. The molecule has 158 valence electrons. The molecule has 0 unspecified atom stereocenters. The summed E-state index contributed by atoms with van der Waals surface area (Å²) in [7, 11) is 0. The van der Waals surface area contributed by atoms with Crippen LogP contribution in [0.1, 0.15) is 19.5 Å². The summed E-state index contributed by atoms with van der Waals surface area (Å²) >= 11 is 11.6. The van der Waals surface area contributed by atoms with Crippen LogP contribution in [0.3, 0.4) is 0 Å². The van der Waals surface area contributed by atoms with Gasteiger partial charge in [0.25, 0.3) is 0 Å². The lowest BCUT2D eigenvalue weighted by molar-refractivity contribution is 1.66. The topological polar surface area (TPSA) is 0 Å². The van der Waals surface area contributed by atoms with Crippen LogP contribution in [0.5, 0.6) is 0 Å². The van der Waals surface area contributed by atoms with Crippen molar-refractivity contribution >= 4 is 107 Å². The summed E-state index contributed by atoms with van der Waals surface area (Å²) in [6.07, 6.45) is 0. The van der Waals surface area contributed by atoms with E-state index >= 15 is 0 Å². The van der Waals surface area contributed by atoms with Crippen LogP contribution >= 0.6 is 68.0 Å². The molecular formula is C26H18S6. The molecule has 0 N–H and O–H groups in total. The van der Waals surface area contributed by atoms with E-state index in [9.17, 15) is 0 Å². The van der Waals surface area contributed by atoms with Gasteiger partial charge in [0.1, 0.15) is 0 Å². The van der Waals surface area contributed by atoms with Crippen molar-refractivity contribution in [3.8, 4) is 20.9 Å². The lowest BCUT2D eigenvalue weighted by Gasteiger charge is -2.09. The molecule has 7 rings (SSSR count). The van der Waals surface area contributed by atoms with E-state index in [1.165, 1.54) is 79.4 Å². The van der Waals surface area contributed by atoms with Crippen LogP contribution < -0.4 is 0 Å². The normalized spacial score (nSPS) is 12.4. The standard InChI is InChI=1S/C26H18S6/c1-11-5-15-23(21-9-19-17(31-21)7-13(3)27-19)26-16(6-12(2)30-26)24(25(15)29-11)22-10-20-18(32-22)8-14(4)28-20/h5-10H,1-4H3. The Morgan fingerprint density at radius 3 is 1.19 bits per heavy atom. The molecule has 6 heterocycles. The van der Waals surface area contributed by atoms with E-state index in [0.29, 0.717) is 0 Å². The van der Waals surface area contributed by atoms with Crippen LogP contribution in [0.4, 0.5) is 0 Å². The number of fused-ring (bicyclic) bond motifs is 4. The number of thiophene rings is 6. The second-order valence-electron chi connectivity index (χ2n) is 8.34. The van der Waals surface area contributed by atoms with Crippen molar-refractivity contribution in [2.45, 2.75) is 27.7 Å². The van der Waals surface area contributed by atoms with E-state index in [1.54, 1.807) is 0 Å². The maximum Gasteiger partial charge on any atom is 0.0459 e. The van der Waals surface area contributed by atoms with Crippen LogP contribution in [0.2, 0.25) is 0 Å². The molecule has 0 radical (unpaired) electrons. The van der Waals surface area contributed by atoms with Gasteiger partial charge in [-0.2, -0.15) is 0 Å². The largest absolute Gasteiger partial charge is 0.140 e. The molecule has 0 aliphatic rings. The van der Waals surface area contributed by atoms with Crippen LogP contribution in [0, 0.1) is 27.7 Å². The monoisotopic (exact) mass is 522 g/mol. The minimum absolute atomic E-state index is 1.39. The molecule has 0 aliphatic carbocycles. The van der Waals surface area contributed by atoms with Gasteiger partial charge in [0.2, 0.25) is 0 Å². The number of benzene rings is 1. The van der Waals surface area contributed by atoms with Gasteiger partial charge in [-0.1, -0.05) is 0 Å². The van der Waals surface area contributed by atoms with E-state index < -0.39 is 0 Å². The lowest BCUT2D eigenvalue weighted by atomic mass is 10.00. The summed E-state index contributed by atoms with van der Waals surface area (Å²) in [5.74, 6) is 0. The van der Waals surface area contributed by atoms with Crippen LogP contribution in [-0.4, -0.2) is 0 Å². The predicted molar refractivity (Wildman–Crippen MR) is 154 cm³/mol. The van der Waals surface area contributed by atoms with Gasteiger partial charge in [0.15, 0.2) is 0 Å². The summed E-state index contributed by atoms with van der Waals surface area (Å²) in [6.45, 7) is 8.93. The van der Waals surface area contributed by atoms with E-state index in [0.717, 1.165) is 0 Å². The highest BCUT2D eigenvalue weighted by molar-refractivity contribution is 7.31. The zero-order valence-electron chi connectivity index (χ0n) is 17.9. The molecule has 0 nitrogen and oxygen atoms in total. The lowest BCUT2D eigenvalue weighted by Crippen LogP contribution is -1.81. The van der Waals surface area contributed by atoms with Gasteiger partial charge in [-0.3, -0.25) is 0 Å². The van der Waals surface area contributed by atoms with E-state index in [-0.39, 0.29) is 0 Å². The fourth-order valence-electron chi connectivity index (χ4n) is 4.66. The molecule has 6 aromatic heterocycles. The van der Waals surface area contributed by atoms with Gasteiger partial charge >= 0.3 is 0 Å². The summed E-state index contributed by atoms with van der Waals surface area (Å²) in [5.41, 5.74) is 2.89. The van der Waals surface area contributed by atoms with Gasteiger partial charge < -0.3 is 0 Å². The van der Waals surface area contributed by atoms with Crippen molar-refractivity contribution in [1.82, 2.24) is 0 Å². The second-order valence-corrected chi connectivity index (χ2v) is 15.6. The Kier molecular flexibility index (Phi) is 4.34. The van der Waals surface area contributed by atoms with Gasteiger partial charge in [-0.05, 0) is 64.1 Å². The Bertz CT molecular complexity index is 1570. The Morgan fingerprint density at radius 1 is 0.406 bits per heavy atom. The summed E-state index contributed by atoms with van der Waals surface area (Å²) in [5, 5.41) is 2.85. The maximum absolute atomic E-state index is 2.43. The van der Waals surface area contributed by atoms with Crippen LogP contribution in [0.25, 0.3) is 59.9 Å². The summed E-state index contributed by atoms with van der Waals surface area (Å²) in [6, 6.07) is 14.4. The Morgan fingerprint density at radius 2 is 0.781 bits per heavy atom. The summed E-state index contributed by atoms with van der Waals surface area (Å²) in [4.78, 5) is 8.40. The van der Waals surface area contributed by atoms with Crippen molar-refractivity contribution < 1.29 is 0 Å². The third-order valence-electron chi connectivity index (χ3n) is 5.86. The third kappa shape index (κ3) is 2.87. The van der Waals surface area contributed by atoms with Crippen molar-refractivity contribution in [3.63, 3.8) is 0 Å². The highest BCUT2D eigenvalue weighted by Crippen LogP contribution is 2.53. The van der Waals surface area contributed by atoms with Crippen LogP contribution in [-0.2, 0) is 0 Å². The number of hydrogen-bond donors (Lipinski definition) is 0.